The van der Waals surface area contributed by atoms with Crippen LogP contribution < -0.4 is 9.46 Å². The third kappa shape index (κ3) is 4.60. The number of benzene rings is 1. The summed E-state index contributed by atoms with van der Waals surface area (Å²) < 4.78 is 61.3. The third-order valence-electron chi connectivity index (χ3n) is 3.79. The molecule has 0 amide bonds. The lowest BCUT2D eigenvalue weighted by Crippen LogP contribution is -2.30. The summed E-state index contributed by atoms with van der Waals surface area (Å²) in [5, 5.41) is -0.176. The SMILES string of the molecule is CCOc1ccc(S(=O)(=O)N(CC)CC)cc1NS(=O)(=O)c1cn(C)cn1. The van der Waals surface area contributed by atoms with Gasteiger partial charge in [-0.3, -0.25) is 4.72 Å². The normalized spacial score (nSPS) is 12.3. The van der Waals surface area contributed by atoms with Crippen molar-refractivity contribution in [2.75, 3.05) is 24.4 Å². The first kappa shape index (κ1) is 21.2. The molecular weight excluding hydrogens is 392 g/mol. The Labute approximate surface area is 160 Å². The van der Waals surface area contributed by atoms with Crippen LogP contribution in [-0.2, 0) is 27.1 Å². The van der Waals surface area contributed by atoms with Gasteiger partial charge in [0.15, 0.2) is 5.03 Å². The minimum absolute atomic E-state index is 0.0200. The first-order valence-corrected chi connectivity index (χ1v) is 11.4. The van der Waals surface area contributed by atoms with Gasteiger partial charge in [-0.1, -0.05) is 13.8 Å². The summed E-state index contributed by atoms with van der Waals surface area (Å²) in [6.07, 6.45) is 2.71. The van der Waals surface area contributed by atoms with Gasteiger partial charge in [-0.05, 0) is 25.1 Å². The van der Waals surface area contributed by atoms with Crippen LogP contribution in [0.5, 0.6) is 5.75 Å². The van der Waals surface area contributed by atoms with Crippen molar-refractivity contribution in [3.8, 4) is 5.75 Å². The van der Waals surface area contributed by atoms with Crippen LogP contribution in [0.2, 0.25) is 0 Å². The maximum Gasteiger partial charge on any atom is 0.281 e. The number of hydrogen-bond acceptors (Lipinski definition) is 6. The summed E-state index contributed by atoms with van der Waals surface area (Å²) in [7, 11) is -6.10. The summed E-state index contributed by atoms with van der Waals surface area (Å²) >= 11 is 0. The van der Waals surface area contributed by atoms with Gasteiger partial charge in [0.25, 0.3) is 10.0 Å². The maximum atomic E-state index is 12.7. The predicted octanol–water partition coefficient (Wildman–Crippen LogP) is 1.65. The second-order valence-corrected chi connectivity index (χ2v) is 9.23. The van der Waals surface area contributed by atoms with E-state index in [-0.39, 0.29) is 21.4 Å². The first-order chi connectivity index (χ1) is 12.7. The Morgan fingerprint density at radius 2 is 1.81 bits per heavy atom. The molecule has 2 aromatic rings. The largest absolute Gasteiger partial charge is 0.492 e. The molecule has 0 radical (unpaired) electrons. The van der Waals surface area contributed by atoms with Crippen LogP contribution >= 0.6 is 0 Å². The van der Waals surface area contributed by atoms with E-state index in [0.717, 1.165) is 0 Å². The standard InChI is InChI=1S/C16H24N4O5S2/c1-5-20(6-2)27(23,24)13-8-9-15(25-7-3)14(10-13)18-26(21,22)16-11-19(4)12-17-16/h8-12,18H,5-7H2,1-4H3. The van der Waals surface area contributed by atoms with Crippen LogP contribution in [0.3, 0.4) is 0 Å². The smallest absolute Gasteiger partial charge is 0.281 e. The number of imidazole rings is 1. The van der Waals surface area contributed by atoms with Crippen LogP contribution in [-0.4, -0.2) is 50.4 Å². The monoisotopic (exact) mass is 416 g/mol. The van der Waals surface area contributed by atoms with Gasteiger partial charge < -0.3 is 9.30 Å². The molecule has 150 valence electrons. The van der Waals surface area contributed by atoms with Gasteiger partial charge in [-0.25, -0.2) is 13.4 Å². The van der Waals surface area contributed by atoms with E-state index in [4.69, 9.17) is 4.74 Å². The van der Waals surface area contributed by atoms with Crippen molar-refractivity contribution in [1.29, 1.82) is 0 Å². The molecule has 0 atom stereocenters. The molecule has 1 aromatic carbocycles. The molecule has 0 fully saturated rings. The number of aryl methyl sites for hydroxylation is 1. The van der Waals surface area contributed by atoms with E-state index < -0.39 is 20.0 Å². The average molecular weight is 417 g/mol. The quantitative estimate of drug-likeness (QED) is 0.665. The van der Waals surface area contributed by atoms with Gasteiger partial charge in [-0.15, -0.1) is 0 Å². The van der Waals surface area contributed by atoms with Gasteiger partial charge in [0.1, 0.15) is 5.75 Å². The molecule has 27 heavy (non-hydrogen) atoms. The van der Waals surface area contributed by atoms with Gasteiger partial charge >= 0.3 is 0 Å². The Balaban J connectivity index is 2.50. The maximum absolute atomic E-state index is 12.7. The highest BCUT2D eigenvalue weighted by Gasteiger charge is 2.25. The van der Waals surface area contributed by atoms with Gasteiger partial charge in [0.2, 0.25) is 10.0 Å². The van der Waals surface area contributed by atoms with Gasteiger partial charge in [0, 0.05) is 26.3 Å². The zero-order valence-corrected chi connectivity index (χ0v) is 17.3. The van der Waals surface area contributed by atoms with Crippen molar-refractivity contribution in [3.05, 3.63) is 30.7 Å². The van der Waals surface area contributed by atoms with E-state index in [2.05, 4.69) is 9.71 Å². The molecule has 0 bridgehead atoms. The van der Waals surface area contributed by atoms with Crippen molar-refractivity contribution in [2.45, 2.75) is 30.7 Å². The molecule has 2 rings (SSSR count). The van der Waals surface area contributed by atoms with E-state index in [1.54, 1.807) is 27.8 Å². The minimum atomic E-state index is -4.00. The van der Waals surface area contributed by atoms with Crippen LogP contribution in [0.4, 0.5) is 5.69 Å². The molecule has 0 aliphatic rings. The zero-order chi connectivity index (χ0) is 20.2. The Bertz CT molecular complexity index is 996. The summed E-state index contributed by atoms with van der Waals surface area (Å²) in [6.45, 7) is 6.13. The second-order valence-electron chi connectivity index (χ2n) is 5.66. The van der Waals surface area contributed by atoms with E-state index >= 15 is 0 Å². The number of nitrogens with one attached hydrogen (secondary N) is 1. The minimum Gasteiger partial charge on any atom is -0.492 e. The number of rotatable bonds is 9. The van der Waals surface area contributed by atoms with Gasteiger partial charge in [0.05, 0.1) is 23.5 Å². The van der Waals surface area contributed by atoms with Crippen molar-refractivity contribution in [1.82, 2.24) is 13.9 Å². The van der Waals surface area contributed by atoms with E-state index in [1.165, 1.54) is 39.6 Å². The molecular formula is C16H24N4O5S2. The lowest BCUT2D eigenvalue weighted by Gasteiger charge is -2.20. The molecule has 1 heterocycles. The molecule has 0 aliphatic heterocycles. The summed E-state index contributed by atoms with van der Waals surface area (Å²) in [4.78, 5) is 3.81. The molecule has 0 saturated carbocycles. The Kier molecular flexibility index (Phi) is 6.50. The van der Waals surface area contributed by atoms with Crippen molar-refractivity contribution >= 4 is 25.7 Å². The molecule has 1 aromatic heterocycles. The van der Waals surface area contributed by atoms with Crippen LogP contribution in [0.15, 0.2) is 40.6 Å². The van der Waals surface area contributed by atoms with Crippen LogP contribution in [0.1, 0.15) is 20.8 Å². The molecule has 0 unspecified atom stereocenters. The number of aromatic nitrogens is 2. The zero-order valence-electron chi connectivity index (χ0n) is 15.7. The Morgan fingerprint density at radius 3 is 2.33 bits per heavy atom. The summed E-state index contributed by atoms with van der Waals surface area (Å²) in [5.41, 5.74) is 0.0377. The molecule has 1 N–H and O–H groups in total. The molecule has 0 aliphatic carbocycles. The number of ether oxygens (including phenoxy) is 1. The van der Waals surface area contributed by atoms with E-state index in [0.29, 0.717) is 19.7 Å². The Morgan fingerprint density at radius 1 is 1.15 bits per heavy atom. The fourth-order valence-corrected chi connectivity index (χ4v) is 5.00. The molecule has 11 heteroatoms. The number of anilines is 1. The molecule has 0 spiro atoms. The lowest BCUT2D eigenvalue weighted by molar-refractivity contribution is 0.341. The fraction of sp³-hybridized carbons (Fsp3) is 0.438. The average Bonchev–Trinajstić information content (AvgIpc) is 3.04. The summed E-state index contributed by atoms with van der Waals surface area (Å²) in [5.74, 6) is 0.232. The highest BCUT2D eigenvalue weighted by Crippen LogP contribution is 2.31. The topological polar surface area (TPSA) is 111 Å². The predicted molar refractivity (Wildman–Crippen MR) is 102 cm³/mol. The number of nitrogens with zero attached hydrogens (tertiary/aromatic N) is 3. The lowest BCUT2D eigenvalue weighted by atomic mass is 10.3. The number of sulfonamides is 2. The first-order valence-electron chi connectivity index (χ1n) is 8.43. The Hall–Kier alpha value is -2.11. The summed E-state index contributed by atoms with van der Waals surface area (Å²) in [6, 6.07) is 4.10. The molecule has 0 saturated heterocycles. The highest BCUT2D eigenvalue weighted by molar-refractivity contribution is 7.92. The van der Waals surface area contributed by atoms with Crippen molar-refractivity contribution in [3.63, 3.8) is 0 Å². The molecule has 9 nitrogen and oxygen atoms in total. The van der Waals surface area contributed by atoms with Crippen LogP contribution in [0, 0.1) is 0 Å². The van der Waals surface area contributed by atoms with Crippen molar-refractivity contribution < 1.29 is 21.6 Å². The van der Waals surface area contributed by atoms with E-state index in [9.17, 15) is 16.8 Å². The third-order valence-corrected chi connectivity index (χ3v) is 7.09. The van der Waals surface area contributed by atoms with Crippen LogP contribution in [0.25, 0.3) is 0 Å². The number of hydrogen-bond donors (Lipinski definition) is 1. The highest BCUT2D eigenvalue weighted by atomic mass is 32.2. The van der Waals surface area contributed by atoms with E-state index in [1.807, 2.05) is 0 Å². The van der Waals surface area contributed by atoms with Crippen molar-refractivity contribution in [2.24, 2.45) is 7.05 Å². The fourth-order valence-electron chi connectivity index (χ4n) is 2.47. The second kappa shape index (κ2) is 8.28. The van der Waals surface area contributed by atoms with Gasteiger partial charge in [-0.2, -0.15) is 12.7 Å².